The summed E-state index contributed by atoms with van der Waals surface area (Å²) in [6.07, 6.45) is 0. The first-order valence-electron chi connectivity index (χ1n) is 5.94. The van der Waals surface area contributed by atoms with Crippen LogP contribution in [0.2, 0.25) is 0 Å². The molecule has 1 aliphatic heterocycles. The fourth-order valence-corrected chi connectivity index (χ4v) is 1.84. The lowest BCUT2D eigenvalue weighted by atomic mass is 10.1. The van der Waals surface area contributed by atoms with Crippen LogP contribution >= 0.6 is 0 Å². The zero-order valence-electron chi connectivity index (χ0n) is 10.5. The van der Waals surface area contributed by atoms with E-state index in [0.717, 1.165) is 5.56 Å². The van der Waals surface area contributed by atoms with Crippen molar-refractivity contribution in [1.29, 1.82) is 0 Å². The Hall–Kier alpha value is -2.04. The number of carbonyl (C=O) groups excluding carboxylic acids is 2. The fraction of sp³-hybridized carbons (Fsp3) is 0.385. The second kappa shape index (κ2) is 5.08. The summed E-state index contributed by atoms with van der Waals surface area (Å²) in [6, 6.07) is 5.33. The SMILES string of the molecule is Cc1ccc(CNC(=O)C2CNC(=O)N2)cc1C. The van der Waals surface area contributed by atoms with Gasteiger partial charge in [-0.2, -0.15) is 0 Å². The number of rotatable bonds is 3. The van der Waals surface area contributed by atoms with Crippen LogP contribution in [0.3, 0.4) is 0 Å². The summed E-state index contributed by atoms with van der Waals surface area (Å²) in [5.74, 6) is -0.161. The van der Waals surface area contributed by atoms with Crippen LogP contribution in [-0.4, -0.2) is 24.5 Å². The Bertz CT molecular complexity index is 485. The van der Waals surface area contributed by atoms with Crippen molar-refractivity contribution >= 4 is 11.9 Å². The minimum Gasteiger partial charge on any atom is -0.350 e. The van der Waals surface area contributed by atoms with Gasteiger partial charge in [0.2, 0.25) is 5.91 Å². The molecule has 1 aliphatic rings. The van der Waals surface area contributed by atoms with E-state index in [2.05, 4.69) is 28.9 Å². The quantitative estimate of drug-likeness (QED) is 0.732. The Morgan fingerprint density at radius 2 is 2.17 bits per heavy atom. The zero-order valence-corrected chi connectivity index (χ0v) is 10.5. The molecule has 5 nitrogen and oxygen atoms in total. The third-order valence-corrected chi connectivity index (χ3v) is 3.13. The van der Waals surface area contributed by atoms with Gasteiger partial charge in [-0.3, -0.25) is 4.79 Å². The topological polar surface area (TPSA) is 70.2 Å². The van der Waals surface area contributed by atoms with Gasteiger partial charge in [0.25, 0.3) is 0 Å². The van der Waals surface area contributed by atoms with Gasteiger partial charge in [-0.15, -0.1) is 0 Å². The van der Waals surface area contributed by atoms with Gasteiger partial charge in [0, 0.05) is 13.1 Å². The molecule has 0 saturated carbocycles. The summed E-state index contributed by atoms with van der Waals surface area (Å²) >= 11 is 0. The Balaban J connectivity index is 1.89. The van der Waals surface area contributed by atoms with Crippen molar-refractivity contribution < 1.29 is 9.59 Å². The molecule has 0 spiro atoms. The predicted octanol–water partition coefficient (Wildman–Crippen LogP) is 0.601. The van der Waals surface area contributed by atoms with Crippen LogP contribution in [0.5, 0.6) is 0 Å². The third-order valence-electron chi connectivity index (χ3n) is 3.13. The average Bonchev–Trinajstić information content (AvgIpc) is 2.77. The Morgan fingerprint density at radius 1 is 1.39 bits per heavy atom. The molecule has 18 heavy (non-hydrogen) atoms. The minimum atomic E-state index is -0.468. The van der Waals surface area contributed by atoms with E-state index in [1.807, 2.05) is 19.1 Å². The molecule has 0 bridgehead atoms. The largest absolute Gasteiger partial charge is 0.350 e. The van der Waals surface area contributed by atoms with E-state index < -0.39 is 6.04 Å². The standard InChI is InChI=1S/C13H17N3O2/c1-8-3-4-10(5-9(8)2)6-14-12(17)11-7-15-13(18)16-11/h3-5,11H,6-7H2,1-2H3,(H,14,17)(H2,15,16,18). The molecule has 1 saturated heterocycles. The second-order valence-electron chi connectivity index (χ2n) is 4.54. The van der Waals surface area contributed by atoms with Crippen molar-refractivity contribution in [3.63, 3.8) is 0 Å². The molecule has 0 aromatic heterocycles. The first-order chi connectivity index (χ1) is 8.56. The van der Waals surface area contributed by atoms with Crippen LogP contribution in [0.4, 0.5) is 4.79 Å². The Labute approximate surface area is 106 Å². The molecular formula is C13H17N3O2. The van der Waals surface area contributed by atoms with Crippen LogP contribution in [0.1, 0.15) is 16.7 Å². The lowest BCUT2D eigenvalue weighted by Crippen LogP contribution is -2.42. The number of benzene rings is 1. The summed E-state index contributed by atoms with van der Waals surface area (Å²) in [7, 11) is 0. The Morgan fingerprint density at radius 3 is 2.78 bits per heavy atom. The predicted molar refractivity (Wildman–Crippen MR) is 68.1 cm³/mol. The number of carbonyl (C=O) groups is 2. The summed E-state index contributed by atoms with van der Waals surface area (Å²) in [4.78, 5) is 22.7. The molecule has 3 N–H and O–H groups in total. The smallest absolute Gasteiger partial charge is 0.315 e. The minimum absolute atomic E-state index is 0.161. The second-order valence-corrected chi connectivity index (χ2v) is 4.54. The van der Waals surface area contributed by atoms with Gasteiger partial charge in [-0.25, -0.2) is 4.79 Å². The molecule has 5 heteroatoms. The number of amides is 3. The summed E-state index contributed by atoms with van der Waals surface area (Å²) < 4.78 is 0. The van der Waals surface area contributed by atoms with Crippen LogP contribution in [0.15, 0.2) is 18.2 Å². The van der Waals surface area contributed by atoms with Crippen molar-refractivity contribution in [2.24, 2.45) is 0 Å². The van der Waals surface area contributed by atoms with E-state index in [4.69, 9.17) is 0 Å². The van der Waals surface area contributed by atoms with E-state index >= 15 is 0 Å². The third kappa shape index (κ3) is 2.80. The van der Waals surface area contributed by atoms with Gasteiger partial charge >= 0.3 is 6.03 Å². The lowest BCUT2D eigenvalue weighted by Gasteiger charge is -2.10. The van der Waals surface area contributed by atoms with Gasteiger partial charge in [-0.1, -0.05) is 18.2 Å². The van der Waals surface area contributed by atoms with Crippen LogP contribution < -0.4 is 16.0 Å². The monoisotopic (exact) mass is 247 g/mol. The van der Waals surface area contributed by atoms with Crippen molar-refractivity contribution in [1.82, 2.24) is 16.0 Å². The number of urea groups is 1. The molecule has 1 unspecified atom stereocenters. The van der Waals surface area contributed by atoms with Crippen molar-refractivity contribution in [3.05, 3.63) is 34.9 Å². The maximum Gasteiger partial charge on any atom is 0.315 e. The van der Waals surface area contributed by atoms with Gasteiger partial charge in [0.05, 0.1) is 0 Å². The summed E-state index contributed by atoms with van der Waals surface area (Å²) in [5.41, 5.74) is 3.50. The van der Waals surface area contributed by atoms with Gasteiger partial charge in [0.15, 0.2) is 0 Å². The van der Waals surface area contributed by atoms with Gasteiger partial charge in [-0.05, 0) is 30.5 Å². The highest BCUT2D eigenvalue weighted by atomic mass is 16.2. The van der Waals surface area contributed by atoms with E-state index in [1.54, 1.807) is 0 Å². The van der Waals surface area contributed by atoms with Gasteiger partial charge < -0.3 is 16.0 Å². The molecule has 1 fully saturated rings. The van der Waals surface area contributed by atoms with Crippen molar-refractivity contribution in [3.8, 4) is 0 Å². The van der Waals surface area contributed by atoms with E-state index in [-0.39, 0.29) is 11.9 Å². The Kier molecular flexibility index (Phi) is 3.50. The molecule has 0 aliphatic carbocycles. The number of aryl methyl sites for hydroxylation is 2. The van der Waals surface area contributed by atoms with Gasteiger partial charge in [0.1, 0.15) is 6.04 Å². The number of hydrogen-bond acceptors (Lipinski definition) is 2. The molecule has 2 rings (SSSR count). The molecule has 1 aromatic rings. The average molecular weight is 247 g/mol. The first-order valence-corrected chi connectivity index (χ1v) is 5.94. The van der Waals surface area contributed by atoms with Crippen LogP contribution in [-0.2, 0) is 11.3 Å². The maximum absolute atomic E-state index is 11.8. The van der Waals surface area contributed by atoms with E-state index in [9.17, 15) is 9.59 Å². The summed E-state index contributed by atoms with van der Waals surface area (Å²) in [6.45, 7) is 4.92. The molecule has 96 valence electrons. The molecule has 1 aromatic carbocycles. The van der Waals surface area contributed by atoms with Crippen LogP contribution in [0.25, 0.3) is 0 Å². The van der Waals surface area contributed by atoms with Crippen molar-refractivity contribution in [2.45, 2.75) is 26.4 Å². The van der Waals surface area contributed by atoms with Crippen molar-refractivity contribution in [2.75, 3.05) is 6.54 Å². The molecular weight excluding hydrogens is 230 g/mol. The molecule has 0 radical (unpaired) electrons. The van der Waals surface area contributed by atoms with E-state index in [1.165, 1.54) is 11.1 Å². The normalized spacial score (nSPS) is 18.1. The maximum atomic E-state index is 11.8. The lowest BCUT2D eigenvalue weighted by molar-refractivity contribution is -0.122. The molecule has 1 heterocycles. The molecule has 1 atom stereocenters. The highest BCUT2D eigenvalue weighted by Crippen LogP contribution is 2.09. The molecule has 3 amide bonds. The summed E-state index contributed by atoms with van der Waals surface area (Å²) in [5, 5.41) is 7.92. The highest BCUT2D eigenvalue weighted by Gasteiger charge is 2.26. The first kappa shape index (κ1) is 12.4. The van der Waals surface area contributed by atoms with E-state index in [0.29, 0.717) is 13.1 Å². The van der Waals surface area contributed by atoms with Crippen LogP contribution in [0, 0.1) is 13.8 Å². The number of nitrogens with one attached hydrogen (secondary N) is 3. The highest BCUT2D eigenvalue weighted by molar-refractivity contribution is 5.90. The number of hydrogen-bond donors (Lipinski definition) is 3. The zero-order chi connectivity index (χ0) is 13.1. The fourth-order valence-electron chi connectivity index (χ4n) is 1.84.